The Balaban J connectivity index is 1.96. The van der Waals surface area contributed by atoms with Crippen LogP contribution in [-0.2, 0) is 4.79 Å². The predicted molar refractivity (Wildman–Crippen MR) is 63.2 cm³/mol. The number of nitrogens with zero attached hydrogens (tertiary/aromatic N) is 1. The van der Waals surface area contributed by atoms with E-state index in [1.165, 1.54) is 0 Å². The first-order chi connectivity index (χ1) is 7.75. The maximum atomic E-state index is 11.9. The van der Waals surface area contributed by atoms with Crippen molar-refractivity contribution in [1.82, 2.24) is 10.3 Å². The predicted octanol–water partition coefficient (Wildman–Crippen LogP) is 1.47. The van der Waals surface area contributed by atoms with Gasteiger partial charge in [0, 0.05) is 17.6 Å². The van der Waals surface area contributed by atoms with Gasteiger partial charge in [0.15, 0.2) is 0 Å². The molecule has 4 nitrogen and oxygen atoms in total. The molecule has 1 aliphatic heterocycles. The fourth-order valence-electron chi connectivity index (χ4n) is 1.93. The lowest BCUT2D eigenvalue weighted by molar-refractivity contribution is -0.118. The third-order valence-corrected chi connectivity index (χ3v) is 2.79. The summed E-state index contributed by atoms with van der Waals surface area (Å²) in [5.74, 6) is 0.0605. The lowest BCUT2D eigenvalue weighted by Crippen LogP contribution is -2.43. The van der Waals surface area contributed by atoms with Gasteiger partial charge >= 0.3 is 0 Å². The van der Waals surface area contributed by atoms with Crippen molar-refractivity contribution in [1.29, 1.82) is 0 Å². The molecule has 0 unspecified atom stereocenters. The minimum Gasteiger partial charge on any atom is -0.325 e. The Labute approximate surface area is 95.5 Å². The number of nitrogens with one attached hydrogen (secondary N) is 2. The summed E-state index contributed by atoms with van der Waals surface area (Å²) in [6.07, 6.45) is 4.92. The van der Waals surface area contributed by atoms with E-state index in [1.807, 2.05) is 19.1 Å². The first kappa shape index (κ1) is 11.1. The Morgan fingerprint density at radius 1 is 1.56 bits per heavy atom. The van der Waals surface area contributed by atoms with Crippen molar-refractivity contribution < 1.29 is 4.79 Å². The number of pyridine rings is 1. The molecule has 1 aromatic heterocycles. The van der Waals surface area contributed by atoms with E-state index in [4.69, 9.17) is 0 Å². The third kappa shape index (κ3) is 2.79. The molecule has 0 saturated carbocycles. The molecule has 1 aliphatic rings. The summed E-state index contributed by atoms with van der Waals surface area (Å²) in [4.78, 5) is 16.0. The molecule has 1 amide bonds. The van der Waals surface area contributed by atoms with E-state index in [2.05, 4.69) is 15.6 Å². The molecule has 2 rings (SSSR count). The van der Waals surface area contributed by atoms with Gasteiger partial charge in [-0.3, -0.25) is 9.78 Å². The molecule has 0 spiro atoms. The van der Waals surface area contributed by atoms with Gasteiger partial charge in [-0.15, -0.1) is 0 Å². The van der Waals surface area contributed by atoms with E-state index in [0.29, 0.717) is 0 Å². The number of hydrogen-bond donors (Lipinski definition) is 2. The molecule has 86 valence electrons. The summed E-state index contributed by atoms with van der Waals surface area (Å²) >= 11 is 0. The SMILES string of the molecule is Cc1cc(NC(=O)[C@H]2CCCCN2)ccn1. The smallest absolute Gasteiger partial charge is 0.241 e. The van der Waals surface area contributed by atoms with Crippen LogP contribution in [0.4, 0.5) is 5.69 Å². The van der Waals surface area contributed by atoms with Gasteiger partial charge in [-0.25, -0.2) is 0 Å². The fourth-order valence-corrected chi connectivity index (χ4v) is 1.93. The van der Waals surface area contributed by atoms with Gasteiger partial charge in [-0.2, -0.15) is 0 Å². The highest BCUT2D eigenvalue weighted by atomic mass is 16.2. The summed E-state index contributed by atoms with van der Waals surface area (Å²) in [6.45, 7) is 2.85. The molecule has 2 N–H and O–H groups in total. The van der Waals surface area contributed by atoms with Gasteiger partial charge in [0.05, 0.1) is 6.04 Å². The number of rotatable bonds is 2. The highest BCUT2D eigenvalue weighted by Gasteiger charge is 2.20. The second-order valence-electron chi connectivity index (χ2n) is 4.18. The summed E-state index contributed by atoms with van der Waals surface area (Å²) in [7, 11) is 0. The topological polar surface area (TPSA) is 54.0 Å². The minimum absolute atomic E-state index is 0.0396. The van der Waals surface area contributed by atoms with E-state index in [-0.39, 0.29) is 11.9 Å². The van der Waals surface area contributed by atoms with Crippen LogP contribution in [0.3, 0.4) is 0 Å². The minimum atomic E-state index is -0.0396. The molecule has 1 saturated heterocycles. The lowest BCUT2D eigenvalue weighted by atomic mass is 10.0. The Hall–Kier alpha value is -1.42. The van der Waals surface area contributed by atoms with Crippen LogP contribution in [0, 0.1) is 6.92 Å². The molecule has 0 aromatic carbocycles. The van der Waals surface area contributed by atoms with Gasteiger partial charge in [-0.05, 0) is 38.4 Å². The van der Waals surface area contributed by atoms with Crippen molar-refractivity contribution in [3.8, 4) is 0 Å². The lowest BCUT2D eigenvalue weighted by Gasteiger charge is -2.22. The van der Waals surface area contributed by atoms with Crippen molar-refractivity contribution in [2.45, 2.75) is 32.2 Å². The largest absolute Gasteiger partial charge is 0.325 e. The van der Waals surface area contributed by atoms with Gasteiger partial charge in [0.2, 0.25) is 5.91 Å². The van der Waals surface area contributed by atoms with Crippen molar-refractivity contribution in [3.63, 3.8) is 0 Å². The molecule has 4 heteroatoms. The fraction of sp³-hybridized carbons (Fsp3) is 0.500. The molecule has 1 atom stereocenters. The van der Waals surface area contributed by atoms with Crippen molar-refractivity contribution in [2.24, 2.45) is 0 Å². The van der Waals surface area contributed by atoms with E-state index in [1.54, 1.807) is 6.20 Å². The van der Waals surface area contributed by atoms with Crippen LogP contribution in [-0.4, -0.2) is 23.5 Å². The maximum absolute atomic E-state index is 11.9. The molecule has 2 heterocycles. The third-order valence-electron chi connectivity index (χ3n) is 2.79. The van der Waals surface area contributed by atoms with Crippen molar-refractivity contribution in [2.75, 3.05) is 11.9 Å². The quantitative estimate of drug-likeness (QED) is 0.792. The average molecular weight is 219 g/mol. The maximum Gasteiger partial charge on any atom is 0.241 e. The number of amides is 1. The molecule has 0 bridgehead atoms. The average Bonchev–Trinajstić information content (AvgIpc) is 2.30. The van der Waals surface area contributed by atoms with E-state index >= 15 is 0 Å². The number of carbonyl (C=O) groups excluding carboxylic acids is 1. The molecule has 16 heavy (non-hydrogen) atoms. The molecular formula is C12H17N3O. The van der Waals surface area contributed by atoms with E-state index in [0.717, 1.165) is 37.2 Å². The number of piperidine rings is 1. The van der Waals surface area contributed by atoms with Crippen LogP contribution >= 0.6 is 0 Å². The van der Waals surface area contributed by atoms with E-state index in [9.17, 15) is 4.79 Å². The molecule has 0 aliphatic carbocycles. The molecule has 1 fully saturated rings. The second-order valence-corrected chi connectivity index (χ2v) is 4.18. The Morgan fingerprint density at radius 3 is 3.12 bits per heavy atom. The zero-order chi connectivity index (χ0) is 11.4. The Morgan fingerprint density at radius 2 is 2.44 bits per heavy atom. The van der Waals surface area contributed by atoms with Gasteiger partial charge < -0.3 is 10.6 Å². The van der Waals surface area contributed by atoms with Gasteiger partial charge in [0.1, 0.15) is 0 Å². The zero-order valence-electron chi connectivity index (χ0n) is 9.49. The molecule has 1 aromatic rings. The van der Waals surface area contributed by atoms with Crippen LogP contribution in [0.25, 0.3) is 0 Å². The van der Waals surface area contributed by atoms with Crippen molar-refractivity contribution in [3.05, 3.63) is 24.0 Å². The number of aryl methyl sites for hydroxylation is 1. The first-order valence-electron chi connectivity index (χ1n) is 5.72. The number of hydrogen-bond acceptors (Lipinski definition) is 3. The highest BCUT2D eigenvalue weighted by Crippen LogP contribution is 2.11. The zero-order valence-corrected chi connectivity index (χ0v) is 9.49. The summed E-state index contributed by atoms with van der Waals surface area (Å²) in [5.41, 5.74) is 1.74. The van der Waals surface area contributed by atoms with Crippen LogP contribution in [0.2, 0.25) is 0 Å². The van der Waals surface area contributed by atoms with Crippen LogP contribution < -0.4 is 10.6 Å². The monoisotopic (exact) mass is 219 g/mol. The Bertz CT molecular complexity index is 372. The molecule has 0 radical (unpaired) electrons. The second kappa shape index (κ2) is 5.07. The van der Waals surface area contributed by atoms with Crippen LogP contribution in [0.15, 0.2) is 18.3 Å². The molecular weight excluding hydrogens is 202 g/mol. The van der Waals surface area contributed by atoms with Crippen LogP contribution in [0.1, 0.15) is 25.0 Å². The standard InChI is InChI=1S/C12H17N3O/c1-9-8-10(5-7-13-9)15-12(16)11-4-2-3-6-14-11/h5,7-8,11,14H,2-4,6H2,1H3,(H,13,15,16)/t11-/m1/s1. The normalized spacial score (nSPS) is 20.4. The number of aromatic nitrogens is 1. The first-order valence-corrected chi connectivity index (χ1v) is 5.72. The Kier molecular flexibility index (Phi) is 3.51. The summed E-state index contributed by atoms with van der Waals surface area (Å²) < 4.78 is 0. The summed E-state index contributed by atoms with van der Waals surface area (Å²) in [6, 6.07) is 3.65. The van der Waals surface area contributed by atoms with Crippen LogP contribution in [0.5, 0.6) is 0 Å². The highest BCUT2D eigenvalue weighted by molar-refractivity contribution is 5.94. The number of carbonyl (C=O) groups is 1. The van der Waals surface area contributed by atoms with E-state index < -0.39 is 0 Å². The van der Waals surface area contributed by atoms with Gasteiger partial charge in [-0.1, -0.05) is 6.42 Å². The number of anilines is 1. The van der Waals surface area contributed by atoms with Gasteiger partial charge in [0.25, 0.3) is 0 Å². The van der Waals surface area contributed by atoms with Crippen molar-refractivity contribution >= 4 is 11.6 Å². The summed E-state index contributed by atoms with van der Waals surface area (Å²) in [5, 5.41) is 6.14.